The molecule has 128 valence electrons. The van der Waals surface area contributed by atoms with Crippen molar-refractivity contribution in [3.63, 3.8) is 0 Å². The SMILES string of the molecule is C=C(Cc1ccccc1)C1(Cc2ccccc2)CC(COC)=CC1=O. The number of methoxy groups -OCH3 is 1. The van der Waals surface area contributed by atoms with Crippen LogP contribution in [0, 0.1) is 5.41 Å². The van der Waals surface area contributed by atoms with Crippen molar-refractivity contribution in [1.82, 2.24) is 0 Å². The molecule has 0 radical (unpaired) electrons. The van der Waals surface area contributed by atoms with Crippen LogP contribution in [0.4, 0.5) is 0 Å². The quantitative estimate of drug-likeness (QED) is 0.695. The predicted molar refractivity (Wildman–Crippen MR) is 101 cm³/mol. The van der Waals surface area contributed by atoms with Crippen LogP contribution in [-0.2, 0) is 22.4 Å². The highest BCUT2D eigenvalue weighted by molar-refractivity contribution is 6.01. The topological polar surface area (TPSA) is 26.3 Å². The van der Waals surface area contributed by atoms with E-state index in [1.165, 1.54) is 5.56 Å². The molecule has 2 aromatic carbocycles. The number of carbonyl (C=O) groups excluding carboxylic acids is 1. The molecule has 0 heterocycles. The number of ketones is 1. The first-order valence-corrected chi connectivity index (χ1v) is 8.63. The molecule has 25 heavy (non-hydrogen) atoms. The maximum absolute atomic E-state index is 13.0. The molecule has 0 fully saturated rings. The fourth-order valence-electron chi connectivity index (χ4n) is 3.66. The lowest BCUT2D eigenvalue weighted by Crippen LogP contribution is -2.32. The van der Waals surface area contributed by atoms with Crippen molar-refractivity contribution >= 4 is 5.78 Å². The van der Waals surface area contributed by atoms with Crippen molar-refractivity contribution in [3.05, 3.63) is 95.6 Å². The highest BCUT2D eigenvalue weighted by atomic mass is 16.5. The molecule has 0 amide bonds. The van der Waals surface area contributed by atoms with Gasteiger partial charge in [0.2, 0.25) is 0 Å². The molecular formula is C23H24O2. The molecule has 0 N–H and O–H groups in total. The third-order valence-corrected chi connectivity index (χ3v) is 4.95. The minimum absolute atomic E-state index is 0.157. The first-order chi connectivity index (χ1) is 12.1. The van der Waals surface area contributed by atoms with Gasteiger partial charge >= 0.3 is 0 Å². The average molecular weight is 332 g/mol. The van der Waals surface area contributed by atoms with E-state index < -0.39 is 5.41 Å². The average Bonchev–Trinajstić information content (AvgIpc) is 2.93. The van der Waals surface area contributed by atoms with Crippen LogP contribution in [-0.4, -0.2) is 19.5 Å². The summed E-state index contributed by atoms with van der Waals surface area (Å²) in [6.45, 7) is 4.85. The highest BCUT2D eigenvalue weighted by Crippen LogP contribution is 2.44. The molecule has 2 aromatic rings. The van der Waals surface area contributed by atoms with Crippen molar-refractivity contribution in [1.29, 1.82) is 0 Å². The van der Waals surface area contributed by atoms with Gasteiger partial charge in [0.15, 0.2) is 5.78 Å². The fraction of sp³-hybridized carbons (Fsp3) is 0.261. The summed E-state index contributed by atoms with van der Waals surface area (Å²) in [6, 6.07) is 20.4. The number of carbonyl (C=O) groups is 1. The largest absolute Gasteiger partial charge is 0.380 e. The minimum Gasteiger partial charge on any atom is -0.380 e. The van der Waals surface area contributed by atoms with Crippen LogP contribution >= 0.6 is 0 Å². The van der Waals surface area contributed by atoms with E-state index in [2.05, 4.69) is 30.8 Å². The molecule has 1 unspecified atom stereocenters. The monoisotopic (exact) mass is 332 g/mol. The first-order valence-electron chi connectivity index (χ1n) is 8.63. The molecule has 2 nitrogen and oxygen atoms in total. The molecule has 0 aliphatic heterocycles. The number of allylic oxidation sites excluding steroid dienone is 2. The van der Waals surface area contributed by atoms with Gasteiger partial charge in [0.1, 0.15) is 0 Å². The zero-order chi connectivity index (χ0) is 17.7. The van der Waals surface area contributed by atoms with Gasteiger partial charge in [-0.3, -0.25) is 4.79 Å². The van der Waals surface area contributed by atoms with Crippen LogP contribution in [0.2, 0.25) is 0 Å². The fourth-order valence-corrected chi connectivity index (χ4v) is 3.66. The van der Waals surface area contributed by atoms with E-state index in [9.17, 15) is 4.79 Å². The van der Waals surface area contributed by atoms with Crippen LogP contribution in [0.3, 0.4) is 0 Å². The van der Waals surface area contributed by atoms with E-state index in [1.807, 2.05) is 36.4 Å². The van der Waals surface area contributed by atoms with Gasteiger partial charge in [0, 0.05) is 7.11 Å². The number of rotatable bonds is 7. The smallest absolute Gasteiger partial charge is 0.166 e. The standard InChI is InChI=1S/C23H24O2/c1-18(13-19-9-5-3-6-10-19)23(15-20-11-7-4-8-12-20)16-21(17-25-2)14-22(23)24/h3-12,14H,1,13,15-17H2,2H3. The van der Waals surface area contributed by atoms with Gasteiger partial charge in [-0.05, 0) is 42.0 Å². The predicted octanol–water partition coefficient (Wildman–Crippen LogP) is 4.56. The maximum atomic E-state index is 13.0. The Bertz CT molecular complexity index is 774. The lowest BCUT2D eigenvalue weighted by Gasteiger charge is -2.31. The Kier molecular flexibility index (Phi) is 5.30. The highest BCUT2D eigenvalue weighted by Gasteiger charge is 2.44. The van der Waals surface area contributed by atoms with Crippen molar-refractivity contribution in [2.24, 2.45) is 5.41 Å². The molecule has 1 atom stereocenters. The lowest BCUT2D eigenvalue weighted by atomic mass is 9.70. The molecule has 0 saturated heterocycles. The lowest BCUT2D eigenvalue weighted by molar-refractivity contribution is -0.121. The Morgan fingerprint density at radius 2 is 1.64 bits per heavy atom. The summed E-state index contributed by atoms with van der Waals surface area (Å²) in [7, 11) is 1.67. The molecule has 1 aliphatic carbocycles. The zero-order valence-corrected chi connectivity index (χ0v) is 14.7. The Labute approximate surface area is 149 Å². The summed E-state index contributed by atoms with van der Waals surface area (Å²) in [4.78, 5) is 13.0. The van der Waals surface area contributed by atoms with E-state index in [-0.39, 0.29) is 5.78 Å². The van der Waals surface area contributed by atoms with Crippen molar-refractivity contribution in [3.8, 4) is 0 Å². The molecule has 0 spiro atoms. The third kappa shape index (κ3) is 3.80. The number of hydrogen-bond acceptors (Lipinski definition) is 2. The molecule has 3 rings (SSSR count). The molecule has 1 aliphatic rings. The Morgan fingerprint density at radius 3 is 2.24 bits per heavy atom. The second-order valence-electron chi connectivity index (χ2n) is 6.79. The van der Waals surface area contributed by atoms with Gasteiger partial charge in [0.25, 0.3) is 0 Å². The van der Waals surface area contributed by atoms with Crippen molar-refractivity contribution in [2.75, 3.05) is 13.7 Å². The number of benzene rings is 2. The van der Waals surface area contributed by atoms with Crippen molar-refractivity contribution < 1.29 is 9.53 Å². The summed E-state index contributed by atoms with van der Waals surface area (Å²) in [5, 5.41) is 0. The zero-order valence-electron chi connectivity index (χ0n) is 14.7. The van der Waals surface area contributed by atoms with Gasteiger partial charge in [-0.15, -0.1) is 0 Å². The third-order valence-electron chi connectivity index (χ3n) is 4.95. The van der Waals surface area contributed by atoms with Crippen LogP contribution in [0.5, 0.6) is 0 Å². The summed E-state index contributed by atoms with van der Waals surface area (Å²) in [5.74, 6) is 0.157. The van der Waals surface area contributed by atoms with Gasteiger partial charge in [-0.25, -0.2) is 0 Å². The first kappa shape index (κ1) is 17.4. The summed E-state index contributed by atoms with van der Waals surface area (Å²) in [5.41, 5.74) is 3.82. The summed E-state index contributed by atoms with van der Waals surface area (Å²) in [6.07, 6.45) is 3.86. The number of hydrogen-bond donors (Lipinski definition) is 0. The Balaban J connectivity index is 1.90. The van der Waals surface area contributed by atoms with Crippen LogP contribution in [0.15, 0.2) is 84.5 Å². The Morgan fingerprint density at radius 1 is 1.04 bits per heavy atom. The van der Waals surface area contributed by atoms with Gasteiger partial charge < -0.3 is 4.74 Å². The van der Waals surface area contributed by atoms with Crippen LogP contribution in [0.25, 0.3) is 0 Å². The molecule has 2 heteroatoms. The van der Waals surface area contributed by atoms with E-state index >= 15 is 0 Å². The molecule has 0 bridgehead atoms. The number of ether oxygens (including phenoxy) is 1. The molecular weight excluding hydrogens is 308 g/mol. The Hall–Kier alpha value is -2.45. The van der Waals surface area contributed by atoms with E-state index in [0.717, 1.165) is 16.7 Å². The van der Waals surface area contributed by atoms with Crippen LogP contribution in [0.1, 0.15) is 17.5 Å². The second-order valence-corrected chi connectivity index (χ2v) is 6.79. The minimum atomic E-state index is -0.564. The van der Waals surface area contributed by atoms with Crippen molar-refractivity contribution in [2.45, 2.75) is 19.3 Å². The van der Waals surface area contributed by atoms with Gasteiger partial charge in [0.05, 0.1) is 12.0 Å². The normalized spacial score (nSPS) is 19.7. The summed E-state index contributed by atoms with van der Waals surface area (Å²) < 4.78 is 5.27. The van der Waals surface area contributed by atoms with E-state index in [1.54, 1.807) is 13.2 Å². The van der Waals surface area contributed by atoms with Crippen LogP contribution < -0.4 is 0 Å². The maximum Gasteiger partial charge on any atom is 0.166 e. The van der Waals surface area contributed by atoms with Gasteiger partial charge in [-0.2, -0.15) is 0 Å². The second kappa shape index (κ2) is 7.62. The van der Waals surface area contributed by atoms with Gasteiger partial charge in [-0.1, -0.05) is 72.8 Å². The molecule has 0 saturated carbocycles. The molecule has 0 aromatic heterocycles. The van der Waals surface area contributed by atoms with E-state index in [4.69, 9.17) is 4.74 Å². The van der Waals surface area contributed by atoms with E-state index in [0.29, 0.717) is 25.9 Å². The summed E-state index contributed by atoms with van der Waals surface area (Å²) >= 11 is 0.